The first-order valence-corrected chi connectivity index (χ1v) is 10.3. The summed E-state index contributed by atoms with van der Waals surface area (Å²) in [5.74, 6) is 1.74. The summed E-state index contributed by atoms with van der Waals surface area (Å²) in [6, 6.07) is 24.9. The van der Waals surface area contributed by atoms with E-state index in [1.165, 1.54) is 53.7 Å². The zero-order chi connectivity index (χ0) is 18.0. The molecule has 3 atom stereocenters. The van der Waals surface area contributed by atoms with E-state index in [1.54, 1.807) is 11.1 Å². The molecule has 0 heterocycles. The Labute approximate surface area is 161 Å². The molecule has 6 rings (SSSR count). The Morgan fingerprint density at radius 3 is 2.48 bits per heavy atom. The maximum absolute atomic E-state index is 3.65. The smallest absolute Gasteiger partial charge is 0.0387 e. The molecule has 1 spiro atoms. The predicted octanol–water partition coefficient (Wildman–Crippen LogP) is 6.83. The van der Waals surface area contributed by atoms with E-state index in [4.69, 9.17) is 0 Å². The summed E-state index contributed by atoms with van der Waals surface area (Å²) in [5.41, 5.74) is 10.1. The fourth-order valence-electron chi connectivity index (χ4n) is 6.36. The van der Waals surface area contributed by atoms with Crippen LogP contribution in [0.15, 0.2) is 66.7 Å². The van der Waals surface area contributed by atoms with Crippen molar-refractivity contribution in [1.82, 2.24) is 0 Å². The summed E-state index contributed by atoms with van der Waals surface area (Å²) in [6.45, 7) is 2.15. The van der Waals surface area contributed by atoms with Crippen molar-refractivity contribution >= 4 is 11.4 Å². The van der Waals surface area contributed by atoms with Crippen LogP contribution in [0.2, 0.25) is 0 Å². The van der Waals surface area contributed by atoms with E-state index in [9.17, 15) is 0 Å². The third-order valence-electron chi connectivity index (χ3n) is 7.35. The van der Waals surface area contributed by atoms with Crippen molar-refractivity contribution < 1.29 is 0 Å². The fourth-order valence-corrected chi connectivity index (χ4v) is 6.36. The maximum atomic E-state index is 3.65. The SMILES string of the molecule is Cc1cccc(Nc2ccc3c(c2)[C@@]2(C[C@H]4CC[C@@H]2C4)c2ccccc2-3)c1. The number of hydrogen-bond donors (Lipinski definition) is 1. The average Bonchev–Trinajstić information content (AvgIpc) is 3.36. The van der Waals surface area contributed by atoms with E-state index >= 15 is 0 Å². The van der Waals surface area contributed by atoms with E-state index < -0.39 is 0 Å². The highest BCUT2D eigenvalue weighted by Gasteiger charge is 2.56. The molecule has 3 aliphatic carbocycles. The van der Waals surface area contributed by atoms with Crippen LogP contribution in [-0.4, -0.2) is 0 Å². The van der Waals surface area contributed by atoms with Gasteiger partial charge in [-0.25, -0.2) is 0 Å². The number of hydrogen-bond acceptors (Lipinski definition) is 1. The average molecular weight is 351 g/mol. The van der Waals surface area contributed by atoms with Crippen LogP contribution in [0, 0.1) is 18.8 Å². The van der Waals surface area contributed by atoms with E-state index in [1.807, 2.05) is 0 Å². The summed E-state index contributed by atoms with van der Waals surface area (Å²) in [6.07, 6.45) is 5.60. The summed E-state index contributed by atoms with van der Waals surface area (Å²) in [5, 5.41) is 3.65. The van der Waals surface area contributed by atoms with Crippen molar-refractivity contribution in [3.05, 3.63) is 83.4 Å². The molecule has 3 aromatic carbocycles. The number of rotatable bonds is 2. The van der Waals surface area contributed by atoms with Crippen molar-refractivity contribution in [2.45, 2.75) is 38.0 Å². The lowest BCUT2D eigenvalue weighted by molar-refractivity contribution is 0.327. The molecule has 0 aliphatic heterocycles. The number of benzene rings is 3. The van der Waals surface area contributed by atoms with Gasteiger partial charge in [-0.3, -0.25) is 0 Å². The highest BCUT2D eigenvalue weighted by atomic mass is 14.9. The molecule has 1 nitrogen and oxygen atoms in total. The molecule has 134 valence electrons. The lowest BCUT2D eigenvalue weighted by atomic mass is 9.67. The van der Waals surface area contributed by atoms with Gasteiger partial charge in [0.2, 0.25) is 0 Å². The highest BCUT2D eigenvalue weighted by molar-refractivity contribution is 5.84. The van der Waals surface area contributed by atoms with Gasteiger partial charge in [0.05, 0.1) is 0 Å². The molecular weight excluding hydrogens is 326 g/mol. The zero-order valence-corrected chi connectivity index (χ0v) is 15.8. The summed E-state index contributed by atoms with van der Waals surface area (Å²) in [7, 11) is 0. The standard InChI is InChI=1S/C26H25N/c1-17-5-4-6-20(13-17)27-21-11-12-23-22-7-2-3-8-24(22)26(25(23)15-21)16-18-9-10-19(26)14-18/h2-8,11-13,15,18-19,27H,9-10,14,16H2,1H3/t18-,19+,26+/m0/s1. The molecule has 2 bridgehead atoms. The topological polar surface area (TPSA) is 12.0 Å². The summed E-state index contributed by atoms with van der Waals surface area (Å²) < 4.78 is 0. The van der Waals surface area contributed by atoms with Crippen LogP contribution in [0.5, 0.6) is 0 Å². The highest BCUT2D eigenvalue weighted by Crippen LogP contribution is 2.65. The van der Waals surface area contributed by atoms with Crippen molar-refractivity contribution in [2.24, 2.45) is 11.8 Å². The molecule has 0 saturated heterocycles. The second-order valence-corrected chi connectivity index (χ2v) is 8.85. The van der Waals surface area contributed by atoms with Gasteiger partial charge >= 0.3 is 0 Å². The number of fused-ring (bicyclic) bond motifs is 8. The van der Waals surface area contributed by atoms with Gasteiger partial charge in [-0.05, 0) is 90.1 Å². The molecule has 0 aromatic heterocycles. The van der Waals surface area contributed by atoms with Gasteiger partial charge in [0.15, 0.2) is 0 Å². The van der Waals surface area contributed by atoms with Crippen molar-refractivity contribution in [2.75, 3.05) is 5.32 Å². The van der Waals surface area contributed by atoms with Crippen LogP contribution in [0.1, 0.15) is 42.4 Å². The van der Waals surface area contributed by atoms with Crippen LogP contribution in [0.4, 0.5) is 11.4 Å². The quantitative estimate of drug-likeness (QED) is 0.534. The Morgan fingerprint density at radius 2 is 1.67 bits per heavy atom. The molecule has 2 fully saturated rings. The lowest BCUT2D eigenvalue weighted by Gasteiger charge is -2.36. The van der Waals surface area contributed by atoms with E-state index in [0.717, 1.165) is 11.8 Å². The third kappa shape index (κ3) is 2.12. The Kier molecular flexibility index (Phi) is 3.15. The number of nitrogens with one attached hydrogen (secondary N) is 1. The molecule has 3 aromatic rings. The zero-order valence-electron chi connectivity index (χ0n) is 15.8. The van der Waals surface area contributed by atoms with Gasteiger partial charge in [0, 0.05) is 16.8 Å². The Bertz CT molecular complexity index is 1050. The van der Waals surface area contributed by atoms with Gasteiger partial charge in [-0.2, -0.15) is 0 Å². The molecule has 0 unspecified atom stereocenters. The molecule has 3 aliphatic rings. The first-order valence-electron chi connectivity index (χ1n) is 10.3. The Balaban J connectivity index is 1.49. The Hall–Kier alpha value is -2.54. The molecule has 1 N–H and O–H groups in total. The third-order valence-corrected chi connectivity index (χ3v) is 7.35. The van der Waals surface area contributed by atoms with Gasteiger partial charge in [0.25, 0.3) is 0 Å². The van der Waals surface area contributed by atoms with E-state index in [0.29, 0.717) is 0 Å². The second kappa shape index (κ2) is 5.48. The molecular formula is C26H25N. The van der Waals surface area contributed by atoms with E-state index in [-0.39, 0.29) is 5.41 Å². The van der Waals surface area contributed by atoms with Gasteiger partial charge in [0.1, 0.15) is 0 Å². The van der Waals surface area contributed by atoms with Gasteiger partial charge in [-0.15, -0.1) is 0 Å². The monoisotopic (exact) mass is 351 g/mol. The lowest BCUT2D eigenvalue weighted by Crippen LogP contribution is -2.31. The van der Waals surface area contributed by atoms with Crippen LogP contribution >= 0.6 is 0 Å². The largest absolute Gasteiger partial charge is 0.356 e. The van der Waals surface area contributed by atoms with Gasteiger partial charge in [-0.1, -0.05) is 48.9 Å². The van der Waals surface area contributed by atoms with Crippen molar-refractivity contribution in [1.29, 1.82) is 0 Å². The Morgan fingerprint density at radius 1 is 0.815 bits per heavy atom. The van der Waals surface area contributed by atoms with E-state index in [2.05, 4.69) is 79.0 Å². The predicted molar refractivity (Wildman–Crippen MR) is 113 cm³/mol. The first kappa shape index (κ1) is 15.5. The minimum Gasteiger partial charge on any atom is -0.356 e. The van der Waals surface area contributed by atoms with Crippen molar-refractivity contribution in [3.8, 4) is 11.1 Å². The minimum atomic E-state index is 0.263. The molecule has 27 heavy (non-hydrogen) atoms. The fraction of sp³-hybridized carbons (Fsp3) is 0.308. The van der Waals surface area contributed by atoms with Crippen molar-refractivity contribution in [3.63, 3.8) is 0 Å². The molecule has 1 heteroatoms. The van der Waals surface area contributed by atoms with Crippen LogP contribution in [0.3, 0.4) is 0 Å². The molecule has 0 amide bonds. The van der Waals surface area contributed by atoms with Crippen LogP contribution < -0.4 is 5.32 Å². The number of anilines is 2. The second-order valence-electron chi connectivity index (χ2n) is 8.85. The van der Waals surface area contributed by atoms with Gasteiger partial charge < -0.3 is 5.32 Å². The normalized spacial score (nSPS) is 27.0. The molecule has 2 saturated carbocycles. The van der Waals surface area contributed by atoms with Crippen LogP contribution in [-0.2, 0) is 5.41 Å². The minimum absolute atomic E-state index is 0.263. The van der Waals surface area contributed by atoms with Crippen LogP contribution in [0.25, 0.3) is 11.1 Å². The molecule has 0 radical (unpaired) electrons. The maximum Gasteiger partial charge on any atom is 0.0387 e. The summed E-state index contributed by atoms with van der Waals surface area (Å²) >= 11 is 0. The first-order chi connectivity index (χ1) is 13.2. The number of aryl methyl sites for hydroxylation is 1. The summed E-state index contributed by atoms with van der Waals surface area (Å²) in [4.78, 5) is 0.